The van der Waals surface area contributed by atoms with Gasteiger partial charge in [-0.2, -0.15) is 0 Å². The maximum absolute atomic E-state index is 13.7. The predicted molar refractivity (Wildman–Crippen MR) is 135 cm³/mol. The van der Waals surface area contributed by atoms with Gasteiger partial charge in [0, 0.05) is 23.8 Å². The van der Waals surface area contributed by atoms with E-state index < -0.39 is 5.54 Å². The summed E-state index contributed by atoms with van der Waals surface area (Å²) in [5.41, 5.74) is 7.22. The van der Waals surface area contributed by atoms with Crippen LogP contribution < -0.4 is 16.4 Å². The Balaban J connectivity index is 1.36. The van der Waals surface area contributed by atoms with E-state index in [0.717, 1.165) is 11.1 Å². The fourth-order valence-corrected chi connectivity index (χ4v) is 4.23. The van der Waals surface area contributed by atoms with Crippen LogP contribution in [0.15, 0.2) is 89.9 Å². The molecule has 3 aromatic carbocycles. The first-order valence-electron chi connectivity index (χ1n) is 11.1. The number of nitrogens with two attached hydrogens (primary N) is 1. The lowest BCUT2D eigenvalue weighted by Gasteiger charge is -2.27. The number of nitrogens with zero attached hydrogens (tertiary/aromatic N) is 2. The van der Waals surface area contributed by atoms with Crippen molar-refractivity contribution in [2.45, 2.75) is 18.4 Å². The Labute approximate surface area is 203 Å². The average molecular weight is 476 g/mol. The number of anilines is 1. The molecule has 1 heterocycles. The number of carbonyl (C=O) groups excluding carboxylic acids is 2. The van der Waals surface area contributed by atoms with Gasteiger partial charge in [0.25, 0.3) is 5.91 Å². The topological polar surface area (TPSA) is 99.8 Å². The number of unbranched alkanes of at least 4 members (excludes halogenated alkanes) is 1. The van der Waals surface area contributed by atoms with E-state index in [1.54, 1.807) is 24.3 Å². The molecule has 0 aliphatic carbocycles. The first-order chi connectivity index (χ1) is 16.5. The van der Waals surface area contributed by atoms with Gasteiger partial charge in [-0.3, -0.25) is 9.69 Å². The number of guanidine groups is 1. The summed E-state index contributed by atoms with van der Waals surface area (Å²) in [6, 6.07) is 25.6. The Kier molecular flexibility index (Phi) is 7.13. The average Bonchev–Trinajstić information content (AvgIpc) is 3.10. The quantitative estimate of drug-likeness (QED) is 0.422. The Hall–Kier alpha value is -3.84. The highest BCUT2D eigenvalue weighted by Crippen LogP contribution is 2.39. The van der Waals surface area contributed by atoms with Crippen molar-refractivity contribution in [1.29, 1.82) is 0 Å². The first-order valence-corrected chi connectivity index (χ1v) is 11.5. The lowest BCUT2D eigenvalue weighted by molar-refractivity contribution is -0.130. The maximum Gasteiger partial charge on any atom is 0.319 e. The molecule has 0 unspecified atom stereocenters. The molecule has 1 aliphatic heterocycles. The molecule has 4 N–H and O–H groups in total. The summed E-state index contributed by atoms with van der Waals surface area (Å²) in [6.45, 7) is 0.862. The standard InChI is InChI=1S/C26H26ClN5O2/c27-21-14-9-15-22(18-21)30-25(34)29-16-7-8-17-32-23(33)26(31-24(32)28,19-10-3-1-4-11-19)20-12-5-2-6-13-20/h1-6,9-15,18H,7-8,16-17H2,(H2,28,31)(H2,29,30,34). The van der Waals surface area contributed by atoms with Crippen LogP contribution >= 0.6 is 11.6 Å². The summed E-state index contributed by atoms with van der Waals surface area (Å²) in [7, 11) is 0. The molecule has 7 nitrogen and oxygen atoms in total. The van der Waals surface area contributed by atoms with E-state index in [1.807, 2.05) is 60.7 Å². The molecule has 4 rings (SSSR count). The van der Waals surface area contributed by atoms with Gasteiger partial charge in [-0.15, -0.1) is 0 Å². The van der Waals surface area contributed by atoms with E-state index in [4.69, 9.17) is 17.3 Å². The molecule has 0 saturated heterocycles. The number of carbonyl (C=O) groups is 2. The zero-order valence-corrected chi connectivity index (χ0v) is 19.3. The van der Waals surface area contributed by atoms with Gasteiger partial charge in [0.15, 0.2) is 11.5 Å². The second-order valence-corrected chi connectivity index (χ2v) is 8.40. The fraction of sp³-hybridized carbons (Fsp3) is 0.192. The van der Waals surface area contributed by atoms with Gasteiger partial charge in [0.1, 0.15) is 0 Å². The third-order valence-corrected chi connectivity index (χ3v) is 5.91. The van der Waals surface area contributed by atoms with Crippen LogP contribution in [0.1, 0.15) is 24.0 Å². The molecule has 0 radical (unpaired) electrons. The van der Waals surface area contributed by atoms with Crippen LogP contribution in [0.5, 0.6) is 0 Å². The third kappa shape index (κ3) is 4.89. The zero-order chi connectivity index (χ0) is 24.0. The van der Waals surface area contributed by atoms with E-state index in [1.165, 1.54) is 4.90 Å². The summed E-state index contributed by atoms with van der Waals surface area (Å²) >= 11 is 5.93. The molecule has 8 heteroatoms. The van der Waals surface area contributed by atoms with Crippen LogP contribution in [0.3, 0.4) is 0 Å². The number of nitrogens with one attached hydrogen (secondary N) is 2. The third-order valence-electron chi connectivity index (χ3n) is 5.67. The van der Waals surface area contributed by atoms with Crippen molar-refractivity contribution in [3.63, 3.8) is 0 Å². The van der Waals surface area contributed by atoms with Crippen molar-refractivity contribution < 1.29 is 9.59 Å². The molecule has 0 bridgehead atoms. The van der Waals surface area contributed by atoms with Crippen molar-refractivity contribution in [3.8, 4) is 0 Å². The van der Waals surface area contributed by atoms with Crippen molar-refractivity contribution in [1.82, 2.24) is 10.2 Å². The molecule has 34 heavy (non-hydrogen) atoms. The van der Waals surface area contributed by atoms with E-state index in [-0.39, 0.29) is 17.9 Å². The van der Waals surface area contributed by atoms with Crippen LogP contribution in [0.25, 0.3) is 0 Å². The van der Waals surface area contributed by atoms with Gasteiger partial charge in [0.05, 0.1) is 0 Å². The van der Waals surface area contributed by atoms with Crippen molar-refractivity contribution in [2.24, 2.45) is 10.7 Å². The molecule has 3 amide bonds. The number of aliphatic imine (C=N–C) groups is 1. The molecule has 1 aliphatic rings. The molecule has 174 valence electrons. The minimum atomic E-state index is -1.19. The largest absolute Gasteiger partial charge is 0.369 e. The Morgan fingerprint density at radius 1 is 0.941 bits per heavy atom. The number of halogens is 1. The smallest absolute Gasteiger partial charge is 0.319 e. The van der Waals surface area contributed by atoms with E-state index >= 15 is 0 Å². The summed E-state index contributed by atoms with van der Waals surface area (Å²) in [6.07, 6.45) is 1.32. The number of rotatable bonds is 8. The number of amides is 3. The van der Waals surface area contributed by atoms with Gasteiger partial charge in [0.2, 0.25) is 0 Å². The zero-order valence-electron chi connectivity index (χ0n) is 18.6. The fourth-order valence-electron chi connectivity index (χ4n) is 4.04. The molecule has 0 spiro atoms. The van der Waals surface area contributed by atoms with Gasteiger partial charge >= 0.3 is 6.03 Å². The van der Waals surface area contributed by atoms with Crippen molar-refractivity contribution >= 4 is 35.2 Å². The molecule has 0 aromatic heterocycles. The molecular weight excluding hydrogens is 450 g/mol. The van der Waals surface area contributed by atoms with Gasteiger partial charge in [-0.25, -0.2) is 9.79 Å². The lowest BCUT2D eigenvalue weighted by Crippen LogP contribution is -2.44. The van der Waals surface area contributed by atoms with Crippen molar-refractivity contribution in [3.05, 3.63) is 101 Å². The van der Waals surface area contributed by atoms with Gasteiger partial charge < -0.3 is 16.4 Å². The van der Waals surface area contributed by atoms with Gasteiger partial charge in [-0.05, 0) is 42.2 Å². The number of benzene rings is 3. The van der Waals surface area contributed by atoms with E-state index in [9.17, 15) is 9.59 Å². The van der Waals surface area contributed by atoms with E-state index in [2.05, 4.69) is 15.6 Å². The van der Waals surface area contributed by atoms with Crippen LogP contribution in [-0.2, 0) is 10.3 Å². The SMILES string of the molecule is NC1=NC(c2ccccc2)(c2ccccc2)C(=O)N1CCCCNC(=O)Nc1cccc(Cl)c1. The summed E-state index contributed by atoms with van der Waals surface area (Å²) < 4.78 is 0. The van der Waals surface area contributed by atoms with Gasteiger partial charge in [-0.1, -0.05) is 78.3 Å². The summed E-state index contributed by atoms with van der Waals surface area (Å²) in [5, 5.41) is 6.10. The normalized spacial score (nSPS) is 14.6. The van der Waals surface area contributed by atoms with Crippen molar-refractivity contribution in [2.75, 3.05) is 18.4 Å². The Morgan fingerprint density at radius 3 is 2.21 bits per heavy atom. The lowest BCUT2D eigenvalue weighted by atomic mass is 9.83. The van der Waals surface area contributed by atoms with Crippen LogP contribution in [-0.4, -0.2) is 35.9 Å². The second-order valence-electron chi connectivity index (χ2n) is 7.97. The van der Waals surface area contributed by atoms with Crippen LogP contribution in [0.2, 0.25) is 5.02 Å². The molecule has 0 atom stereocenters. The highest BCUT2D eigenvalue weighted by atomic mass is 35.5. The van der Waals surface area contributed by atoms with E-state index in [0.29, 0.717) is 36.6 Å². The Bertz CT molecular complexity index is 1140. The van der Waals surface area contributed by atoms with Crippen LogP contribution in [0.4, 0.5) is 10.5 Å². The summed E-state index contributed by atoms with van der Waals surface area (Å²) in [5.74, 6) is 0.0263. The second kappa shape index (κ2) is 10.4. The molecule has 0 saturated carbocycles. The predicted octanol–water partition coefficient (Wildman–Crippen LogP) is 4.34. The number of urea groups is 1. The number of hydrogen-bond donors (Lipinski definition) is 3. The minimum Gasteiger partial charge on any atom is -0.369 e. The Morgan fingerprint density at radius 2 is 1.59 bits per heavy atom. The highest BCUT2D eigenvalue weighted by molar-refractivity contribution is 6.30. The molecule has 0 fully saturated rings. The summed E-state index contributed by atoms with van der Waals surface area (Å²) in [4.78, 5) is 32.0. The maximum atomic E-state index is 13.7. The number of hydrogen-bond acceptors (Lipinski definition) is 4. The monoisotopic (exact) mass is 475 g/mol. The minimum absolute atomic E-state index is 0.172. The van der Waals surface area contributed by atoms with Crippen LogP contribution in [0, 0.1) is 0 Å². The molecular formula is C26H26ClN5O2. The molecule has 3 aromatic rings. The highest BCUT2D eigenvalue weighted by Gasteiger charge is 2.50. The first kappa shape index (κ1) is 23.3.